The lowest BCUT2D eigenvalue weighted by Crippen LogP contribution is -2.38. The Morgan fingerprint density at radius 1 is 1.48 bits per heavy atom. The monoisotopic (exact) mass is 289 g/mol. The first-order valence-corrected chi connectivity index (χ1v) is 7.75. The van der Waals surface area contributed by atoms with Gasteiger partial charge in [0.1, 0.15) is 6.04 Å². The second-order valence-corrected chi connectivity index (χ2v) is 6.29. The molecular formula is C17H23NO3. The van der Waals surface area contributed by atoms with Gasteiger partial charge in [0.05, 0.1) is 7.11 Å². The molecule has 1 spiro atoms. The Bertz CT molecular complexity index is 504. The van der Waals surface area contributed by atoms with Crippen molar-refractivity contribution < 1.29 is 14.4 Å². The first-order valence-electron chi connectivity index (χ1n) is 7.75. The first-order chi connectivity index (χ1) is 10.1. The first kappa shape index (κ1) is 14.5. The molecule has 1 heterocycles. The van der Waals surface area contributed by atoms with Gasteiger partial charge in [0.15, 0.2) is 5.72 Å². The molecule has 1 aromatic carbocycles. The molecule has 4 nitrogen and oxygen atoms in total. The van der Waals surface area contributed by atoms with Crippen LogP contribution in [0.3, 0.4) is 0 Å². The maximum absolute atomic E-state index is 12.2. The van der Waals surface area contributed by atoms with Gasteiger partial charge in [0, 0.05) is 6.42 Å². The standard InChI is InChI=1S/C17H23NO3/c1-13-7-6-10-17(12-13)18(21-17)15(16(19)20-2)11-14-8-4-3-5-9-14/h3-5,8-9,13,15H,6-7,10-12H2,1-2H3/t13-,15-,17+,18?/m1/s1. The summed E-state index contributed by atoms with van der Waals surface area (Å²) in [6, 6.07) is 9.69. The minimum atomic E-state index is -0.345. The van der Waals surface area contributed by atoms with Crippen molar-refractivity contribution in [3.05, 3.63) is 35.9 Å². The van der Waals surface area contributed by atoms with Crippen LogP contribution in [-0.2, 0) is 20.8 Å². The van der Waals surface area contributed by atoms with Crippen molar-refractivity contribution in [3.8, 4) is 0 Å². The highest BCUT2D eigenvalue weighted by Crippen LogP contribution is 2.50. The van der Waals surface area contributed by atoms with E-state index in [1.165, 1.54) is 13.5 Å². The fraction of sp³-hybridized carbons (Fsp3) is 0.588. The summed E-state index contributed by atoms with van der Waals surface area (Å²) in [7, 11) is 1.44. The van der Waals surface area contributed by atoms with E-state index in [2.05, 4.69) is 6.92 Å². The van der Waals surface area contributed by atoms with Crippen LogP contribution in [0, 0.1) is 5.92 Å². The summed E-state index contributed by atoms with van der Waals surface area (Å²) in [6.45, 7) is 2.26. The number of benzene rings is 1. The summed E-state index contributed by atoms with van der Waals surface area (Å²) in [5, 5.41) is 1.89. The van der Waals surface area contributed by atoms with Crippen LogP contribution >= 0.6 is 0 Å². The van der Waals surface area contributed by atoms with E-state index in [4.69, 9.17) is 9.57 Å². The van der Waals surface area contributed by atoms with Crippen molar-refractivity contribution in [1.82, 2.24) is 5.06 Å². The molecule has 21 heavy (non-hydrogen) atoms. The number of esters is 1. The van der Waals surface area contributed by atoms with Gasteiger partial charge >= 0.3 is 5.97 Å². The number of methoxy groups -OCH3 is 1. The lowest BCUT2D eigenvalue weighted by Gasteiger charge is -2.25. The summed E-state index contributed by atoms with van der Waals surface area (Å²) in [4.78, 5) is 18.1. The maximum atomic E-state index is 12.2. The Balaban J connectivity index is 1.74. The lowest BCUT2D eigenvalue weighted by molar-refractivity contribution is -0.147. The third-order valence-corrected chi connectivity index (χ3v) is 4.60. The van der Waals surface area contributed by atoms with Crippen molar-refractivity contribution in [3.63, 3.8) is 0 Å². The summed E-state index contributed by atoms with van der Waals surface area (Å²) in [5.74, 6) is 0.438. The number of hydrogen-bond donors (Lipinski definition) is 0. The van der Waals surface area contributed by atoms with Gasteiger partial charge in [-0.2, -0.15) is 0 Å². The van der Waals surface area contributed by atoms with E-state index >= 15 is 0 Å². The smallest absolute Gasteiger partial charge is 0.325 e. The number of ether oxygens (including phenoxy) is 1. The fourth-order valence-electron chi connectivity index (χ4n) is 3.50. The molecule has 0 radical (unpaired) electrons. The molecule has 1 aliphatic heterocycles. The van der Waals surface area contributed by atoms with Gasteiger partial charge < -0.3 is 4.74 Å². The topological polar surface area (TPSA) is 41.8 Å². The van der Waals surface area contributed by atoms with Crippen LogP contribution in [0.15, 0.2) is 30.3 Å². The molecule has 4 heteroatoms. The largest absolute Gasteiger partial charge is 0.468 e. The van der Waals surface area contributed by atoms with Crippen LogP contribution in [0.25, 0.3) is 0 Å². The second-order valence-electron chi connectivity index (χ2n) is 6.29. The zero-order valence-electron chi connectivity index (χ0n) is 12.7. The maximum Gasteiger partial charge on any atom is 0.325 e. The van der Waals surface area contributed by atoms with E-state index in [0.717, 1.165) is 24.8 Å². The SMILES string of the molecule is COC(=O)[C@@H](Cc1ccccc1)N1O[C@]12CCC[C@@H](C)C2. The molecule has 4 atom stereocenters. The Hall–Kier alpha value is -1.39. The van der Waals surface area contributed by atoms with Gasteiger partial charge in [0.2, 0.25) is 0 Å². The molecule has 1 aliphatic carbocycles. The number of rotatable bonds is 4. The minimum absolute atomic E-state index is 0.214. The van der Waals surface area contributed by atoms with Crippen molar-refractivity contribution in [1.29, 1.82) is 0 Å². The van der Waals surface area contributed by atoms with Gasteiger partial charge in [-0.1, -0.05) is 43.7 Å². The van der Waals surface area contributed by atoms with Crippen molar-refractivity contribution in [2.24, 2.45) is 5.92 Å². The predicted octanol–water partition coefficient (Wildman–Crippen LogP) is 2.92. The quantitative estimate of drug-likeness (QED) is 0.631. The molecule has 0 bridgehead atoms. The Labute approximate surface area is 126 Å². The fourth-order valence-corrected chi connectivity index (χ4v) is 3.50. The number of carbonyl (C=O) groups excluding carboxylic acids is 1. The molecular weight excluding hydrogens is 266 g/mol. The second kappa shape index (κ2) is 5.78. The van der Waals surface area contributed by atoms with Crippen LogP contribution in [0.2, 0.25) is 0 Å². The predicted molar refractivity (Wildman–Crippen MR) is 79.2 cm³/mol. The van der Waals surface area contributed by atoms with Crippen LogP contribution < -0.4 is 0 Å². The summed E-state index contributed by atoms with van der Waals surface area (Å²) >= 11 is 0. The van der Waals surface area contributed by atoms with Crippen molar-refractivity contribution in [2.45, 2.75) is 50.8 Å². The van der Waals surface area contributed by atoms with Crippen molar-refractivity contribution >= 4 is 5.97 Å². The van der Waals surface area contributed by atoms with Crippen LogP contribution in [0.1, 0.15) is 38.2 Å². The van der Waals surface area contributed by atoms with E-state index in [0.29, 0.717) is 12.3 Å². The Kier molecular flexibility index (Phi) is 4.00. The van der Waals surface area contributed by atoms with E-state index < -0.39 is 0 Å². The normalized spacial score (nSPS) is 32.7. The van der Waals surface area contributed by atoms with Gasteiger partial charge in [-0.05, 0) is 30.7 Å². The van der Waals surface area contributed by atoms with E-state index in [1.54, 1.807) is 0 Å². The number of carbonyl (C=O) groups is 1. The van der Waals surface area contributed by atoms with Crippen LogP contribution in [0.5, 0.6) is 0 Å². The summed E-state index contributed by atoms with van der Waals surface area (Å²) in [6.07, 6.45) is 5.07. The number of nitrogens with zero attached hydrogens (tertiary/aromatic N) is 1. The van der Waals surface area contributed by atoms with Gasteiger partial charge in [-0.15, -0.1) is 5.06 Å². The van der Waals surface area contributed by atoms with Crippen LogP contribution in [-0.4, -0.2) is 29.9 Å². The molecule has 3 rings (SSSR count). The highest BCUT2D eigenvalue weighted by atomic mass is 16.9. The van der Waals surface area contributed by atoms with E-state index in [1.807, 2.05) is 35.4 Å². The summed E-state index contributed by atoms with van der Waals surface area (Å²) < 4.78 is 4.99. The third kappa shape index (κ3) is 2.97. The molecule has 2 fully saturated rings. The third-order valence-electron chi connectivity index (χ3n) is 4.60. The molecule has 114 valence electrons. The molecule has 2 aliphatic rings. The number of hydrogen-bond acceptors (Lipinski definition) is 4. The molecule has 0 aromatic heterocycles. The molecule has 0 amide bonds. The molecule has 1 saturated carbocycles. The molecule has 1 unspecified atom stereocenters. The molecule has 1 aromatic rings. The Morgan fingerprint density at radius 3 is 2.90 bits per heavy atom. The summed E-state index contributed by atoms with van der Waals surface area (Å²) in [5.41, 5.74) is 0.910. The Morgan fingerprint density at radius 2 is 2.24 bits per heavy atom. The number of hydroxylamine groups is 2. The van der Waals surface area contributed by atoms with Gasteiger partial charge in [-0.25, -0.2) is 0 Å². The van der Waals surface area contributed by atoms with E-state index in [9.17, 15) is 4.79 Å². The van der Waals surface area contributed by atoms with Gasteiger partial charge in [-0.3, -0.25) is 9.63 Å². The van der Waals surface area contributed by atoms with Crippen LogP contribution in [0.4, 0.5) is 0 Å². The average molecular weight is 289 g/mol. The van der Waals surface area contributed by atoms with E-state index in [-0.39, 0.29) is 17.7 Å². The zero-order chi connectivity index (χ0) is 14.9. The highest BCUT2D eigenvalue weighted by molar-refractivity contribution is 5.76. The zero-order valence-corrected chi connectivity index (χ0v) is 12.7. The lowest BCUT2D eigenvalue weighted by atomic mass is 9.85. The molecule has 0 N–H and O–H groups in total. The average Bonchev–Trinajstić information content (AvgIpc) is 3.17. The van der Waals surface area contributed by atoms with Crippen molar-refractivity contribution in [2.75, 3.05) is 7.11 Å². The molecule has 1 saturated heterocycles. The highest BCUT2D eigenvalue weighted by Gasteiger charge is 2.60. The minimum Gasteiger partial charge on any atom is -0.468 e. The van der Waals surface area contributed by atoms with Gasteiger partial charge in [0.25, 0.3) is 0 Å².